The molecule has 11 heteroatoms. The van der Waals surface area contributed by atoms with Crippen molar-refractivity contribution >= 4 is 11.0 Å². The summed E-state index contributed by atoms with van der Waals surface area (Å²) in [6.07, 6.45) is -1.29. The van der Waals surface area contributed by atoms with Crippen LogP contribution in [0.1, 0.15) is 25.5 Å². The maximum absolute atomic E-state index is 12.8. The van der Waals surface area contributed by atoms with E-state index < -0.39 is 23.4 Å². The third kappa shape index (κ3) is 5.41. The lowest BCUT2D eigenvalue weighted by Crippen LogP contribution is -2.46. The molecule has 1 aromatic heterocycles. The first kappa shape index (κ1) is 27.9. The van der Waals surface area contributed by atoms with E-state index in [4.69, 9.17) is 32.8 Å². The Labute approximate surface area is 235 Å². The predicted molar refractivity (Wildman–Crippen MR) is 147 cm³/mol. The molecule has 5 rings (SSSR count). The van der Waals surface area contributed by atoms with Crippen LogP contribution in [0.15, 0.2) is 57.7 Å². The zero-order chi connectivity index (χ0) is 29.5. The quantitative estimate of drug-likeness (QED) is 0.281. The minimum Gasteiger partial charge on any atom is -0.508 e. The molecule has 41 heavy (non-hydrogen) atoms. The number of rotatable bonds is 7. The fourth-order valence-corrected chi connectivity index (χ4v) is 4.72. The summed E-state index contributed by atoms with van der Waals surface area (Å²) in [5.41, 5.74) is 0.628. The van der Waals surface area contributed by atoms with Crippen LogP contribution in [0.3, 0.4) is 0 Å². The van der Waals surface area contributed by atoms with Gasteiger partial charge in [-0.1, -0.05) is 6.07 Å². The van der Waals surface area contributed by atoms with Crippen LogP contribution in [0.2, 0.25) is 0 Å². The molecule has 0 bridgehead atoms. The second-order valence-corrected chi connectivity index (χ2v) is 9.86. The van der Waals surface area contributed by atoms with E-state index in [2.05, 4.69) is 0 Å². The van der Waals surface area contributed by atoms with Crippen molar-refractivity contribution in [1.82, 2.24) is 0 Å². The van der Waals surface area contributed by atoms with Gasteiger partial charge in [0.05, 0.1) is 27.9 Å². The molecule has 0 amide bonds. The largest absolute Gasteiger partial charge is 0.508 e. The van der Waals surface area contributed by atoms with Crippen LogP contribution in [0.4, 0.5) is 0 Å². The first-order chi connectivity index (χ1) is 19.5. The van der Waals surface area contributed by atoms with Crippen LogP contribution >= 0.6 is 0 Å². The topological polar surface area (TPSA) is 146 Å². The molecule has 1 aliphatic heterocycles. The van der Waals surface area contributed by atoms with Crippen LogP contribution in [0.5, 0.6) is 40.2 Å². The fourth-order valence-electron chi connectivity index (χ4n) is 4.72. The zero-order valence-electron chi connectivity index (χ0n) is 23.1. The third-order valence-corrected chi connectivity index (χ3v) is 6.68. The number of phenolic OH excluding ortho intramolecular Hbond substituents is 3. The lowest BCUT2D eigenvalue weighted by Gasteiger charge is -2.41. The Morgan fingerprint density at radius 3 is 2.20 bits per heavy atom. The highest BCUT2D eigenvalue weighted by Crippen LogP contribution is 2.45. The van der Waals surface area contributed by atoms with Gasteiger partial charge in [0, 0.05) is 23.8 Å². The van der Waals surface area contributed by atoms with Gasteiger partial charge in [0.25, 0.3) is 0 Å². The van der Waals surface area contributed by atoms with Crippen LogP contribution in [-0.4, -0.2) is 55.1 Å². The third-order valence-electron chi connectivity index (χ3n) is 6.68. The molecule has 2 heterocycles. The molecule has 0 spiro atoms. The summed E-state index contributed by atoms with van der Waals surface area (Å²) in [4.78, 5) is 12.8. The fraction of sp³-hybridized carbons (Fsp3) is 0.300. The predicted octanol–water partition coefficient (Wildman–Crippen LogP) is 4.87. The smallest absolute Gasteiger partial charge is 0.204 e. The molecule has 1 fully saturated rings. The van der Waals surface area contributed by atoms with Crippen LogP contribution in [0.25, 0.3) is 22.3 Å². The number of benzene rings is 3. The summed E-state index contributed by atoms with van der Waals surface area (Å²) in [5.74, 6) is -0.335. The van der Waals surface area contributed by atoms with Crippen molar-refractivity contribution in [2.24, 2.45) is 0 Å². The van der Waals surface area contributed by atoms with Gasteiger partial charge in [-0.25, -0.2) is 0 Å². The maximum Gasteiger partial charge on any atom is 0.204 e. The molecular weight excluding hydrogens is 536 g/mol. The molecule has 1 saturated heterocycles. The highest BCUT2D eigenvalue weighted by Gasteiger charge is 2.40. The van der Waals surface area contributed by atoms with E-state index in [1.54, 1.807) is 38.1 Å². The highest BCUT2D eigenvalue weighted by molar-refractivity contribution is 5.86. The first-order valence-corrected chi connectivity index (χ1v) is 12.6. The van der Waals surface area contributed by atoms with Gasteiger partial charge in [-0.2, -0.15) is 0 Å². The molecule has 3 N–H and O–H groups in total. The minimum absolute atomic E-state index is 0.00884. The van der Waals surface area contributed by atoms with E-state index in [1.807, 2.05) is 0 Å². The highest BCUT2D eigenvalue weighted by atomic mass is 16.7. The monoisotopic (exact) mass is 566 g/mol. The van der Waals surface area contributed by atoms with Gasteiger partial charge >= 0.3 is 0 Å². The van der Waals surface area contributed by atoms with Crippen molar-refractivity contribution in [2.75, 3.05) is 27.9 Å². The van der Waals surface area contributed by atoms with E-state index in [0.717, 1.165) is 6.07 Å². The number of aromatic hydroxyl groups is 3. The van der Waals surface area contributed by atoms with Crippen molar-refractivity contribution in [1.29, 1.82) is 0 Å². The van der Waals surface area contributed by atoms with E-state index >= 15 is 0 Å². The molecule has 0 radical (unpaired) electrons. The van der Waals surface area contributed by atoms with Gasteiger partial charge < -0.3 is 48.2 Å². The lowest BCUT2D eigenvalue weighted by atomic mass is 10.0. The molecule has 3 aromatic carbocycles. The Bertz CT molecular complexity index is 1630. The summed E-state index contributed by atoms with van der Waals surface area (Å²) in [5, 5.41) is 30.0. The van der Waals surface area contributed by atoms with E-state index in [9.17, 15) is 20.1 Å². The van der Waals surface area contributed by atoms with Gasteiger partial charge in [-0.15, -0.1) is 0 Å². The summed E-state index contributed by atoms with van der Waals surface area (Å²) in [7, 11) is 4.37. The maximum atomic E-state index is 12.8. The molecule has 0 unspecified atom stereocenters. The Hall–Kier alpha value is -4.61. The zero-order valence-corrected chi connectivity index (χ0v) is 23.1. The summed E-state index contributed by atoms with van der Waals surface area (Å²) in [6.45, 7) is 3.74. The number of methoxy groups -OCH3 is 3. The second kappa shape index (κ2) is 10.8. The Kier molecular flexibility index (Phi) is 7.33. The number of phenols is 3. The van der Waals surface area contributed by atoms with Crippen molar-refractivity contribution in [3.8, 4) is 51.6 Å². The van der Waals surface area contributed by atoms with Gasteiger partial charge in [0.1, 0.15) is 34.3 Å². The van der Waals surface area contributed by atoms with Gasteiger partial charge in [0.15, 0.2) is 40.3 Å². The average molecular weight is 567 g/mol. The second-order valence-electron chi connectivity index (χ2n) is 9.86. The average Bonchev–Trinajstić information content (AvgIpc) is 2.93. The van der Waals surface area contributed by atoms with Crippen LogP contribution in [0, 0.1) is 0 Å². The summed E-state index contributed by atoms with van der Waals surface area (Å²) in [6, 6.07) is 11.7. The van der Waals surface area contributed by atoms with Gasteiger partial charge in [-0.3, -0.25) is 4.79 Å². The normalized spacial score (nSPS) is 18.2. The van der Waals surface area contributed by atoms with E-state index in [-0.39, 0.29) is 63.6 Å². The van der Waals surface area contributed by atoms with E-state index in [1.165, 1.54) is 39.5 Å². The minimum atomic E-state index is -0.913. The molecule has 216 valence electrons. The van der Waals surface area contributed by atoms with Crippen molar-refractivity contribution in [3.63, 3.8) is 0 Å². The molecule has 4 aromatic rings. The van der Waals surface area contributed by atoms with Gasteiger partial charge in [-0.05, 0) is 43.7 Å². The Morgan fingerprint density at radius 1 is 0.854 bits per heavy atom. The SMILES string of the molecule is COc1cc([C@H]2OC(C)(C)OC[C@@H]2Oc2c(OC)cc(-c3cc(=O)c4c(O)cc(O)cc4o3)cc2OC)ccc1O. The van der Waals surface area contributed by atoms with Crippen LogP contribution < -0.4 is 24.4 Å². The number of fused-ring (bicyclic) bond motifs is 1. The Morgan fingerprint density at radius 2 is 1.54 bits per heavy atom. The van der Waals surface area contributed by atoms with Crippen LogP contribution in [-0.2, 0) is 9.47 Å². The molecule has 2 atom stereocenters. The first-order valence-electron chi connectivity index (χ1n) is 12.6. The number of ether oxygens (including phenoxy) is 6. The number of hydrogen-bond donors (Lipinski definition) is 3. The summed E-state index contributed by atoms with van der Waals surface area (Å²) < 4.78 is 41.0. The standard InChI is InChI=1S/C30H30O11/c1-30(2)38-14-26(28(41-30)15-6-7-18(32)22(8-15)35-3)40-29-24(36-4)9-16(10-25(29)37-5)21-13-20(34)27-19(33)11-17(31)12-23(27)39-21/h6-13,26,28,31-33H,14H2,1-5H3/t26-,28+/m0/s1. The van der Waals surface area contributed by atoms with Crippen molar-refractivity contribution in [3.05, 3.63) is 64.3 Å². The lowest BCUT2D eigenvalue weighted by molar-refractivity contribution is -0.302. The molecule has 0 aliphatic carbocycles. The van der Waals surface area contributed by atoms with Crippen molar-refractivity contribution in [2.45, 2.75) is 31.8 Å². The van der Waals surface area contributed by atoms with E-state index in [0.29, 0.717) is 11.1 Å². The molecule has 0 saturated carbocycles. The molecular formula is C30H30O11. The Balaban J connectivity index is 1.56. The summed E-state index contributed by atoms with van der Waals surface area (Å²) >= 11 is 0. The molecule has 1 aliphatic rings. The number of hydrogen-bond acceptors (Lipinski definition) is 11. The molecule has 11 nitrogen and oxygen atoms in total. The van der Waals surface area contributed by atoms with Crippen molar-refractivity contribution < 1.29 is 48.2 Å². The van der Waals surface area contributed by atoms with Gasteiger partial charge in [0.2, 0.25) is 5.75 Å².